The molecule has 2 rings (SSSR count). The van der Waals surface area contributed by atoms with Gasteiger partial charge in [0.1, 0.15) is 0 Å². The highest BCUT2D eigenvalue weighted by Crippen LogP contribution is 2.10. The maximum atomic E-state index is 9.64. The van der Waals surface area contributed by atoms with Crippen LogP contribution in [0.15, 0.2) is 36.5 Å². The lowest BCUT2D eigenvalue weighted by molar-refractivity contribution is 0.0954. The Morgan fingerprint density at radius 2 is 2.00 bits per heavy atom. The normalized spacial score (nSPS) is 13.5. The van der Waals surface area contributed by atoms with Crippen LogP contribution in [0.3, 0.4) is 0 Å². The number of hydrogen-bond donors (Lipinski definition) is 2. The van der Waals surface area contributed by atoms with E-state index < -0.39 is 6.10 Å². The van der Waals surface area contributed by atoms with Crippen LogP contribution in [0, 0.1) is 0 Å². The third-order valence-electron chi connectivity index (χ3n) is 3.30. The van der Waals surface area contributed by atoms with Crippen LogP contribution in [-0.4, -0.2) is 31.7 Å². The minimum absolute atomic E-state index is 0.351. The van der Waals surface area contributed by atoms with Crippen LogP contribution in [0.25, 0.3) is 5.69 Å². The Labute approximate surface area is 113 Å². The van der Waals surface area contributed by atoms with Crippen molar-refractivity contribution in [3.05, 3.63) is 42.2 Å². The maximum absolute atomic E-state index is 9.64. The number of para-hydroxylation sites is 1. The van der Waals surface area contributed by atoms with E-state index in [1.54, 1.807) is 17.9 Å². The smallest absolute Gasteiger partial charge is 0.0969 e. The second kappa shape index (κ2) is 5.50. The summed E-state index contributed by atoms with van der Waals surface area (Å²) in [4.78, 5) is 1.60. The number of aliphatic hydroxyl groups is 1. The fraction of sp³-hybridized carbons (Fsp3) is 0.429. The molecule has 0 fully saturated rings. The standard InChI is InChI=1S/C14H20N4O/c1-11(19)14(2,3)15-9-12-10-16-18(17-12)13-7-5-4-6-8-13/h4-8,10-11,15,19H,9H2,1-3H3. The first-order chi connectivity index (χ1) is 8.99. The van der Waals surface area contributed by atoms with E-state index in [9.17, 15) is 5.11 Å². The Morgan fingerprint density at radius 3 is 2.63 bits per heavy atom. The topological polar surface area (TPSA) is 63.0 Å². The molecule has 2 aromatic rings. The second-order valence-corrected chi connectivity index (χ2v) is 5.21. The van der Waals surface area contributed by atoms with E-state index in [0.29, 0.717) is 6.54 Å². The van der Waals surface area contributed by atoms with Gasteiger partial charge in [-0.3, -0.25) is 0 Å². The number of nitrogens with one attached hydrogen (secondary N) is 1. The fourth-order valence-corrected chi connectivity index (χ4v) is 1.53. The SMILES string of the molecule is CC(O)C(C)(C)NCc1cnn(-c2ccccc2)n1. The Kier molecular flexibility index (Phi) is 3.97. The monoisotopic (exact) mass is 260 g/mol. The lowest BCUT2D eigenvalue weighted by Crippen LogP contribution is -2.47. The highest BCUT2D eigenvalue weighted by molar-refractivity contribution is 5.28. The minimum atomic E-state index is -0.434. The lowest BCUT2D eigenvalue weighted by atomic mass is 9.99. The Bertz CT molecular complexity index is 519. The molecule has 0 radical (unpaired) electrons. The predicted molar refractivity (Wildman–Crippen MR) is 74.0 cm³/mol. The summed E-state index contributed by atoms with van der Waals surface area (Å²) in [5.74, 6) is 0. The summed E-state index contributed by atoms with van der Waals surface area (Å²) in [6.45, 7) is 6.26. The Morgan fingerprint density at radius 1 is 1.32 bits per heavy atom. The van der Waals surface area contributed by atoms with E-state index in [4.69, 9.17) is 0 Å². The van der Waals surface area contributed by atoms with Crippen molar-refractivity contribution in [1.29, 1.82) is 0 Å². The molecule has 1 atom stereocenters. The van der Waals surface area contributed by atoms with Crippen LogP contribution in [0.2, 0.25) is 0 Å². The highest BCUT2D eigenvalue weighted by atomic mass is 16.3. The fourth-order valence-electron chi connectivity index (χ4n) is 1.53. The summed E-state index contributed by atoms with van der Waals surface area (Å²) < 4.78 is 0. The summed E-state index contributed by atoms with van der Waals surface area (Å²) in [5, 5.41) is 21.6. The molecule has 102 valence electrons. The number of aliphatic hydroxyl groups excluding tert-OH is 1. The van der Waals surface area contributed by atoms with E-state index in [1.807, 2.05) is 44.2 Å². The van der Waals surface area contributed by atoms with Gasteiger partial charge < -0.3 is 10.4 Å². The van der Waals surface area contributed by atoms with Crippen molar-refractivity contribution in [1.82, 2.24) is 20.3 Å². The molecule has 0 aliphatic heterocycles. The molecule has 1 aromatic carbocycles. The molecule has 1 unspecified atom stereocenters. The van der Waals surface area contributed by atoms with Gasteiger partial charge in [0.25, 0.3) is 0 Å². The van der Waals surface area contributed by atoms with Crippen LogP contribution in [0.4, 0.5) is 0 Å². The molecule has 0 saturated carbocycles. The number of aromatic nitrogens is 3. The van der Waals surface area contributed by atoms with E-state index in [1.165, 1.54) is 0 Å². The zero-order valence-electron chi connectivity index (χ0n) is 11.5. The molecule has 0 saturated heterocycles. The van der Waals surface area contributed by atoms with Crippen molar-refractivity contribution >= 4 is 0 Å². The van der Waals surface area contributed by atoms with Crippen molar-refractivity contribution in [3.8, 4) is 5.69 Å². The molecule has 19 heavy (non-hydrogen) atoms. The summed E-state index contributed by atoms with van der Waals surface area (Å²) in [6, 6.07) is 9.77. The third kappa shape index (κ3) is 3.39. The Balaban J connectivity index is 2.03. The van der Waals surface area contributed by atoms with Crippen LogP contribution < -0.4 is 5.32 Å². The van der Waals surface area contributed by atoms with Gasteiger partial charge in [-0.1, -0.05) is 18.2 Å². The van der Waals surface area contributed by atoms with Gasteiger partial charge in [0.15, 0.2) is 0 Å². The van der Waals surface area contributed by atoms with Crippen molar-refractivity contribution in [2.75, 3.05) is 0 Å². The van der Waals surface area contributed by atoms with Crippen LogP contribution in [0.1, 0.15) is 26.5 Å². The molecule has 2 N–H and O–H groups in total. The zero-order chi connectivity index (χ0) is 13.9. The molecule has 5 nitrogen and oxygen atoms in total. The molecule has 0 bridgehead atoms. The van der Waals surface area contributed by atoms with E-state index >= 15 is 0 Å². The predicted octanol–water partition coefficient (Wildman–Crippen LogP) is 1.52. The summed E-state index contributed by atoms with van der Waals surface area (Å²) in [6.07, 6.45) is 1.30. The van der Waals surface area contributed by atoms with E-state index in [2.05, 4.69) is 15.5 Å². The molecule has 0 spiro atoms. The van der Waals surface area contributed by atoms with Crippen LogP contribution in [0.5, 0.6) is 0 Å². The van der Waals surface area contributed by atoms with E-state index in [-0.39, 0.29) is 5.54 Å². The molecular weight excluding hydrogens is 240 g/mol. The van der Waals surface area contributed by atoms with Crippen molar-refractivity contribution < 1.29 is 5.11 Å². The molecule has 5 heteroatoms. The van der Waals surface area contributed by atoms with Gasteiger partial charge in [-0.05, 0) is 32.9 Å². The molecule has 0 aliphatic carbocycles. The largest absolute Gasteiger partial charge is 0.392 e. The van der Waals surface area contributed by atoms with Crippen molar-refractivity contribution in [2.45, 2.75) is 39.0 Å². The van der Waals surface area contributed by atoms with Gasteiger partial charge in [0.05, 0.1) is 23.7 Å². The minimum Gasteiger partial charge on any atom is -0.392 e. The number of benzene rings is 1. The average Bonchev–Trinajstić information content (AvgIpc) is 2.86. The van der Waals surface area contributed by atoms with Gasteiger partial charge >= 0.3 is 0 Å². The maximum Gasteiger partial charge on any atom is 0.0969 e. The second-order valence-electron chi connectivity index (χ2n) is 5.21. The average molecular weight is 260 g/mol. The first-order valence-electron chi connectivity index (χ1n) is 6.39. The highest BCUT2D eigenvalue weighted by Gasteiger charge is 2.23. The summed E-state index contributed by atoms with van der Waals surface area (Å²) >= 11 is 0. The molecule has 1 aromatic heterocycles. The Hall–Kier alpha value is -1.72. The van der Waals surface area contributed by atoms with Gasteiger partial charge in [-0.25, -0.2) is 0 Å². The van der Waals surface area contributed by atoms with Gasteiger partial charge in [0.2, 0.25) is 0 Å². The molecule has 0 amide bonds. The van der Waals surface area contributed by atoms with Gasteiger partial charge in [-0.2, -0.15) is 15.0 Å². The van der Waals surface area contributed by atoms with Gasteiger partial charge in [-0.15, -0.1) is 0 Å². The molecular formula is C14H20N4O. The number of nitrogens with zero attached hydrogens (tertiary/aromatic N) is 3. The summed E-state index contributed by atoms with van der Waals surface area (Å²) in [7, 11) is 0. The zero-order valence-corrected chi connectivity index (χ0v) is 11.5. The van der Waals surface area contributed by atoms with Crippen molar-refractivity contribution in [3.63, 3.8) is 0 Å². The van der Waals surface area contributed by atoms with Crippen LogP contribution in [-0.2, 0) is 6.54 Å². The third-order valence-corrected chi connectivity index (χ3v) is 3.30. The lowest BCUT2D eigenvalue weighted by Gasteiger charge is -2.29. The first kappa shape index (κ1) is 13.7. The van der Waals surface area contributed by atoms with Crippen molar-refractivity contribution in [2.24, 2.45) is 0 Å². The number of hydrogen-bond acceptors (Lipinski definition) is 4. The summed E-state index contributed by atoms with van der Waals surface area (Å²) in [5.41, 5.74) is 1.43. The van der Waals surface area contributed by atoms with E-state index in [0.717, 1.165) is 11.4 Å². The molecule has 1 heterocycles. The quantitative estimate of drug-likeness (QED) is 0.855. The number of rotatable bonds is 5. The molecule has 0 aliphatic rings. The van der Waals surface area contributed by atoms with Crippen LogP contribution >= 0.6 is 0 Å². The first-order valence-corrected chi connectivity index (χ1v) is 6.39. The van der Waals surface area contributed by atoms with Gasteiger partial charge in [0, 0.05) is 12.1 Å².